The highest BCUT2D eigenvalue weighted by Gasteiger charge is 2.32. The summed E-state index contributed by atoms with van der Waals surface area (Å²) in [5.41, 5.74) is 3.46. The van der Waals surface area contributed by atoms with Crippen LogP contribution < -0.4 is 9.64 Å². The highest BCUT2D eigenvalue weighted by atomic mass is 16.5. The molecule has 3 rings (SSSR count). The van der Waals surface area contributed by atoms with E-state index in [0.717, 1.165) is 24.5 Å². The van der Waals surface area contributed by atoms with Gasteiger partial charge in [-0.05, 0) is 48.2 Å². The fourth-order valence-electron chi connectivity index (χ4n) is 3.43. The molecule has 0 aromatic heterocycles. The summed E-state index contributed by atoms with van der Waals surface area (Å²) in [5.74, 6) is 1.51. The smallest absolute Gasteiger partial charge is 0.244 e. The molecule has 26 heavy (non-hydrogen) atoms. The van der Waals surface area contributed by atoms with Gasteiger partial charge in [0.2, 0.25) is 5.91 Å². The molecule has 0 spiro atoms. The van der Waals surface area contributed by atoms with Gasteiger partial charge in [-0.3, -0.25) is 9.69 Å². The maximum atomic E-state index is 12.9. The predicted molar refractivity (Wildman–Crippen MR) is 106 cm³/mol. The normalized spacial score (nSPS) is 18.4. The number of anilines is 1. The van der Waals surface area contributed by atoms with Crippen molar-refractivity contribution in [3.8, 4) is 5.75 Å². The molecule has 4 nitrogen and oxygen atoms in total. The highest BCUT2D eigenvalue weighted by Crippen LogP contribution is 2.24. The summed E-state index contributed by atoms with van der Waals surface area (Å²) in [4.78, 5) is 17.1. The number of carbonyl (C=O) groups excluding carboxylic acids is 1. The zero-order chi connectivity index (χ0) is 18.7. The van der Waals surface area contributed by atoms with Crippen LogP contribution in [0, 0.1) is 0 Å². The molecule has 1 fully saturated rings. The van der Waals surface area contributed by atoms with Crippen LogP contribution in [0.4, 0.5) is 5.69 Å². The molecule has 0 N–H and O–H groups in total. The van der Waals surface area contributed by atoms with Crippen molar-refractivity contribution in [2.45, 2.75) is 39.3 Å². The lowest BCUT2D eigenvalue weighted by Gasteiger charge is -2.39. The van der Waals surface area contributed by atoms with Crippen LogP contribution in [0.3, 0.4) is 0 Å². The summed E-state index contributed by atoms with van der Waals surface area (Å²) >= 11 is 0. The van der Waals surface area contributed by atoms with E-state index in [1.165, 1.54) is 11.1 Å². The van der Waals surface area contributed by atoms with E-state index in [0.29, 0.717) is 12.5 Å². The van der Waals surface area contributed by atoms with Crippen molar-refractivity contribution in [2.75, 3.05) is 25.1 Å². The van der Waals surface area contributed by atoms with E-state index < -0.39 is 0 Å². The van der Waals surface area contributed by atoms with Crippen molar-refractivity contribution in [2.24, 2.45) is 0 Å². The first kappa shape index (κ1) is 18.5. The average molecular weight is 352 g/mol. The van der Waals surface area contributed by atoms with Gasteiger partial charge in [0.25, 0.3) is 0 Å². The molecule has 4 heteroatoms. The minimum absolute atomic E-state index is 0.139. The molecule has 2 aromatic carbocycles. The number of carbonyl (C=O) groups is 1. The average Bonchev–Trinajstić information content (AvgIpc) is 2.66. The second-order valence-electron chi connectivity index (χ2n) is 7.23. The Balaban J connectivity index is 1.69. The van der Waals surface area contributed by atoms with Crippen LogP contribution in [-0.2, 0) is 11.3 Å². The molecule has 0 aliphatic carbocycles. The maximum Gasteiger partial charge on any atom is 0.244 e. The molecule has 138 valence electrons. The maximum absolute atomic E-state index is 12.9. The van der Waals surface area contributed by atoms with Gasteiger partial charge in [-0.25, -0.2) is 0 Å². The van der Waals surface area contributed by atoms with Crippen LogP contribution in [0.2, 0.25) is 0 Å². The standard InChI is InChI=1S/C22H28N2O2/c1-16(2)19-8-10-20(11-9-19)24-13-12-23(17(3)22(24)25)15-18-6-5-7-21(14-18)26-4/h5-11,14,16-17H,12-13,15H2,1-4H3/t17-/m0/s1. The number of nitrogens with zero attached hydrogens (tertiary/aromatic N) is 2. The molecule has 1 atom stereocenters. The molecule has 1 saturated heterocycles. The van der Waals surface area contributed by atoms with Gasteiger partial charge >= 0.3 is 0 Å². The summed E-state index contributed by atoms with van der Waals surface area (Å²) < 4.78 is 5.30. The number of hydrogen-bond acceptors (Lipinski definition) is 3. The largest absolute Gasteiger partial charge is 0.497 e. The Labute approximate surface area is 156 Å². The highest BCUT2D eigenvalue weighted by molar-refractivity contribution is 5.97. The number of methoxy groups -OCH3 is 1. The van der Waals surface area contributed by atoms with E-state index >= 15 is 0 Å². The topological polar surface area (TPSA) is 32.8 Å². The number of piperazine rings is 1. The number of hydrogen-bond donors (Lipinski definition) is 0. The van der Waals surface area contributed by atoms with E-state index in [9.17, 15) is 4.79 Å². The summed E-state index contributed by atoms with van der Waals surface area (Å²) in [5, 5.41) is 0. The fourth-order valence-corrected chi connectivity index (χ4v) is 3.43. The van der Waals surface area contributed by atoms with Gasteiger partial charge in [0, 0.05) is 25.3 Å². The lowest BCUT2D eigenvalue weighted by atomic mass is 10.0. The molecule has 2 aromatic rings. The van der Waals surface area contributed by atoms with Crippen molar-refractivity contribution in [3.63, 3.8) is 0 Å². The Morgan fingerprint density at radius 3 is 2.50 bits per heavy atom. The third-order valence-electron chi connectivity index (χ3n) is 5.17. The van der Waals surface area contributed by atoms with Gasteiger partial charge in [0.1, 0.15) is 5.75 Å². The first-order valence-electron chi connectivity index (χ1n) is 9.28. The Morgan fingerprint density at radius 2 is 1.85 bits per heavy atom. The molecular formula is C22H28N2O2. The third-order valence-corrected chi connectivity index (χ3v) is 5.17. The molecule has 1 aliphatic rings. The fraction of sp³-hybridized carbons (Fsp3) is 0.409. The zero-order valence-electron chi connectivity index (χ0n) is 16.1. The van der Waals surface area contributed by atoms with Gasteiger partial charge in [0.05, 0.1) is 13.2 Å². The lowest BCUT2D eigenvalue weighted by Crippen LogP contribution is -2.55. The lowest BCUT2D eigenvalue weighted by molar-refractivity contribution is -0.125. The minimum Gasteiger partial charge on any atom is -0.497 e. The van der Waals surface area contributed by atoms with Crippen molar-refractivity contribution in [3.05, 3.63) is 59.7 Å². The summed E-state index contributed by atoms with van der Waals surface area (Å²) in [7, 11) is 1.68. The molecule has 1 amide bonds. The Bertz CT molecular complexity index is 755. The van der Waals surface area contributed by atoms with Crippen LogP contribution in [0.15, 0.2) is 48.5 Å². The number of benzene rings is 2. The number of ether oxygens (including phenoxy) is 1. The second-order valence-corrected chi connectivity index (χ2v) is 7.23. The van der Waals surface area contributed by atoms with Crippen LogP contribution in [0.5, 0.6) is 5.75 Å². The van der Waals surface area contributed by atoms with Gasteiger partial charge in [-0.1, -0.05) is 38.1 Å². The van der Waals surface area contributed by atoms with Crippen molar-refractivity contribution in [1.82, 2.24) is 4.90 Å². The van der Waals surface area contributed by atoms with Crippen LogP contribution >= 0.6 is 0 Å². The molecule has 0 unspecified atom stereocenters. The van der Waals surface area contributed by atoms with E-state index in [1.54, 1.807) is 7.11 Å². The van der Waals surface area contributed by atoms with Gasteiger partial charge in [-0.15, -0.1) is 0 Å². The molecular weight excluding hydrogens is 324 g/mol. The van der Waals surface area contributed by atoms with Gasteiger partial charge in [0.15, 0.2) is 0 Å². The van der Waals surface area contributed by atoms with E-state index in [4.69, 9.17) is 4.74 Å². The Morgan fingerprint density at radius 1 is 1.12 bits per heavy atom. The van der Waals surface area contributed by atoms with Crippen molar-refractivity contribution < 1.29 is 9.53 Å². The molecule has 1 aliphatic heterocycles. The predicted octanol–water partition coefficient (Wildman–Crippen LogP) is 4.06. The van der Waals surface area contributed by atoms with E-state index in [2.05, 4.69) is 49.1 Å². The number of amides is 1. The van der Waals surface area contributed by atoms with E-state index in [1.807, 2.05) is 30.0 Å². The quantitative estimate of drug-likeness (QED) is 0.814. The van der Waals surface area contributed by atoms with Gasteiger partial charge < -0.3 is 9.64 Å². The summed E-state index contributed by atoms with van der Waals surface area (Å²) in [6, 6.07) is 16.3. The second kappa shape index (κ2) is 7.92. The van der Waals surface area contributed by atoms with Crippen molar-refractivity contribution in [1.29, 1.82) is 0 Å². The van der Waals surface area contributed by atoms with Crippen molar-refractivity contribution >= 4 is 11.6 Å². The van der Waals surface area contributed by atoms with Crippen LogP contribution in [0.1, 0.15) is 37.8 Å². The summed E-state index contributed by atoms with van der Waals surface area (Å²) in [6.45, 7) is 8.69. The summed E-state index contributed by atoms with van der Waals surface area (Å²) in [6.07, 6.45) is 0. The first-order valence-corrected chi connectivity index (χ1v) is 9.28. The van der Waals surface area contributed by atoms with Crippen LogP contribution in [0.25, 0.3) is 0 Å². The molecule has 0 radical (unpaired) electrons. The Kier molecular flexibility index (Phi) is 5.62. The Hall–Kier alpha value is -2.33. The third kappa shape index (κ3) is 3.91. The zero-order valence-corrected chi connectivity index (χ0v) is 16.1. The van der Waals surface area contributed by atoms with E-state index in [-0.39, 0.29) is 11.9 Å². The SMILES string of the molecule is COc1cccc(CN2CCN(c3ccc(C(C)C)cc3)C(=O)[C@@H]2C)c1. The minimum atomic E-state index is -0.139. The monoisotopic (exact) mass is 352 g/mol. The number of rotatable bonds is 5. The first-order chi connectivity index (χ1) is 12.5. The molecule has 0 saturated carbocycles. The molecule has 1 heterocycles. The van der Waals surface area contributed by atoms with Gasteiger partial charge in [-0.2, -0.15) is 0 Å². The molecule has 0 bridgehead atoms. The van der Waals surface area contributed by atoms with Crippen LogP contribution in [-0.4, -0.2) is 37.0 Å².